The van der Waals surface area contributed by atoms with Crippen LogP contribution in [0.1, 0.15) is 13.8 Å². The number of nitrogens with two attached hydrogens (primary N) is 1. The Morgan fingerprint density at radius 1 is 1.50 bits per heavy atom. The summed E-state index contributed by atoms with van der Waals surface area (Å²) in [5.74, 6) is -0.502. The van der Waals surface area contributed by atoms with Gasteiger partial charge in [-0.3, -0.25) is 9.59 Å². The van der Waals surface area contributed by atoms with Crippen molar-refractivity contribution in [3.8, 4) is 0 Å². The normalized spacial score (nSPS) is 14.1. The maximum atomic E-state index is 11.6. The van der Waals surface area contributed by atoms with Gasteiger partial charge in [-0.15, -0.1) is 0 Å². The Morgan fingerprint density at radius 3 is 2.44 bits per heavy atom. The molecule has 0 radical (unpaired) electrons. The van der Waals surface area contributed by atoms with Crippen LogP contribution in [-0.4, -0.2) is 56.1 Å². The Labute approximate surface area is 96.1 Å². The van der Waals surface area contributed by atoms with E-state index in [2.05, 4.69) is 5.32 Å². The van der Waals surface area contributed by atoms with Crippen LogP contribution < -0.4 is 11.1 Å². The Morgan fingerprint density at radius 2 is 2.06 bits per heavy atom. The van der Waals surface area contributed by atoms with Crippen molar-refractivity contribution in [2.75, 3.05) is 27.2 Å². The summed E-state index contributed by atoms with van der Waals surface area (Å²) >= 11 is 0. The number of hydrogen-bond acceptors (Lipinski definition) is 4. The summed E-state index contributed by atoms with van der Waals surface area (Å²) in [6.07, 6.45) is -0.706. The summed E-state index contributed by atoms with van der Waals surface area (Å²) in [6, 6.07) is -0.568. The molecule has 2 unspecified atom stereocenters. The van der Waals surface area contributed by atoms with E-state index in [0.29, 0.717) is 6.54 Å². The zero-order valence-electron chi connectivity index (χ0n) is 10.3. The lowest BCUT2D eigenvalue weighted by Gasteiger charge is -2.22. The maximum Gasteiger partial charge on any atom is 0.251 e. The van der Waals surface area contributed by atoms with Gasteiger partial charge in [0.2, 0.25) is 5.91 Å². The maximum absolute atomic E-state index is 11.6. The molecule has 0 saturated heterocycles. The molecule has 3 N–H and O–H groups in total. The number of methoxy groups -OCH3 is 1. The van der Waals surface area contributed by atoms with Gasteiger partial charge in [0.25, 0.3) is 5.91 Å². The lowest BCUT2D eigenvalue weighted by molar-refractivity contribution is -0.138. The van der Waals surface area contributed by atoms with Crippen molar-refractivity contribution in [2.24, 2.45) is 5.73 Å². The van der Waals surface area contributed by atoms with E-state index in [4.69, 9.17) is 10.5 Å². The summed E-state index contributed by atoms with van der Waals surface area (Å²) in [5, 5.41) is 2.56. The Kier molecular flexibility index (Phi) is 6.67. The van der Waals surface area contributed by atoms with Crippen LogP contribution in [-0.2, 0) is 14.3 Å². The smallest absolute Gasteiger partial charge is 0.251 e. The number of hydrogen-bond donors (Lipinski definition) is 2. The number of nitrogens with one attached hydrogen (secondary N) is 1. The number of nitrogens with zero attached hydrogens (tertiary/aromatic N) is 1. The minimum Gasteiger partial charge on any atom is -0.370 e. The van der Waals surface area contributed by atoms with Gasteiger partial charge in [-0.1, -0.05) is 0 Å². The molecule has 0 aromatic carbocycles. The first-order chi connectivity index (χ1) is 7.47. The zero-order chi connectivity index (χ0) is 12.7. The molecule has 0 bridgehead atoms. The summed E-state index contributed by atoms with van der Waals surface area (Å²) in [7, 11) is 3.09. The van der Waals surface area contributed by atoms with Crippen molar-refractivity contribution in [3.05, 3.63) is 0 Å². The summed E-state index contributed by atoms with van der Waals surface area (Å²) < 4.78 is 4.87. The molecule has 6 nitrogen and oxygen atoms in total. The molecule has 2 atom stereocenters. The molecule has 0 heterocycles. The molecule has 6 heteroatoms. The van der Waals surface area contributed by atoms with Gasteiger partial charge >= 0.3 is 0 Å². The topological polar surface area (TPSA) is 84.7 Å². The highest BCUT2D eigenvalue weighted by atomic mass is 16.5. The first kappa shape index (κ1) is 14.9. The number of rotatable bonds is 6. The summed E-state index contributed by atoms with van der Waals surface area (Å²) in [4.78, 5) is 24.7. The molecule has 0 spiro atoms. The van der Waals surface area contributed by atoms with Crippen molar-refractivity contribution in [3.63, 3.8) is 0 Å². The largest absolute Gasteiger partial charge is 0.370 e. The van der Waals surface area contributed by atoms with Crippen molar-refractivity contribution < 1.29 is 14.3 Å². The van der Waals surface area contributed by atoms with Gasteiger partial charge in [-0.25, -0.2) is 0 Å². The van der Waals surface area contributed by atoms with Gasteiger partial charge in [0.1, 0.15) is 12.1 Å². The first-order valence-electron chi connectivity index (χ1n) is 5.26. The third kappa shape index (κ3) is 4.16. The Hall–Kier alpha value is -1.14. The van der Waals surface area contributed by atoms with E-state index >= 15 is 0 Å². The fourth-order valence-corrected chi connectivity index (χ4v) is 1.16. The van der Waals surface area contributed by atoms with Crippen LogP contribution in [0.3, 0.4) is 0 Å². The Balaban J connectivity index is 4.28. The van der Waals surface area contributed by atoms with Crippen LogP contribution in [0.2, 0.25) is 0 Å². The number of carbonyl (C=O) groups excluding carboxylic acids is 2. The van der Waals surface area contributed by atoms with Crippen LogP contribution >= 0.6 is 0 Å². The second-order valence-corrected chi connectivity index (χ2v) is 3.54. The van der Waals surface area contributed by atoms with Crippen LogP contribution in [0, 0.1) is 0 Å². The number of likely N-dealkylation sites (N-methyl/N-ethyl adjacent to an activating group) is 1. The van der Waals surface area contributed by atoms with Crippen molar-refractivity contribution >= 4 is 11.8 Å². The predicted octanol–water partition coefficient (Wildman–Crippen LogP) is -1.06. The van der Waals surface area contributed by atoms with E-state index < -0.39 is 12.1 Å². The molecule has 0 rings (SSSR count). The second kappa shape index (κ2) is 7.19. The van der Waals surface area contributed by atoms with Crippen LogP contribution in [0.25, 0.3) is 0 Å². The molecule has 0 saturated carbocycles. The van der Waals surface area contributed by atoms with E-state index in [9.17, 15) is 9.59 Å². The van der Waals surface area contributed by atoms with Gasteiger partial charge < -0.3 is 20.7 Å². The number of amides is 2. The zero-order valence-corrected chi connectivity index (χ0v) is 10.3. The molecule has 0 aromatic heterocycles. The van der Waals surface area contributed by atoms with Crippen molar-refractivity contribution in [2.45, 2.75) is 26.0 Å². The molecule has 94 valence electrons. The van der Waals surface area contributed by atoms with E-state index in [1.165, 1.54) is 12.0 Å². The lowest BCUT2D eigenvalue weighted by atomic mass is 10.2. The molecular formula is C10H21N3O3. The van der Waals surface area contributed by atoms with Crippen LogP contribution in [0.15, 0.2) is 0 Å². The predicted molar refractivity (Wildman–Crippen MR) is 60.8 cm³/mol. The molecule has 16 heavy (non-hydrogen) atoms. The van der Waals surface area contributed by atoms with Crippen LogP contribution in [0.5, 0.6) is 0 Å². The third-order valence-corrected chi connectivity index (χ3v) is 2.37. The van der Waals surface area contributed by atoms with E-state index in [0.717, 1.165) is 0 Å². The number of ether oxygens (including phenoxy) is 1. The fraction of sp³-hybridized carbons (Fsp3) is 0.800. The molecule has 0 aromatic rings. The molecular weight excluding hydrogens is 210 g/mol. The monoisotopic (exact) mass is 231 g/mol. The molecule has 0 aliphatic carbocycles. The minimum atomic E-state index is -0.706. The lowest BCUT2D eigenvalue weighted by Crippen LogP contribution is -2.50. The van der Waals surface area contributed by atoms with Gasteiger partial charge in [-0.05, 0) is 13.8 Å². The highest BCUT2D eigenvalue weighted by Gasteiger charge is 2.22. The average molecular weight is 231 g/mol. The van der Waals surface area contributed by atoms with Gasteiger partial charge in [-0.2, -0.15) is 0 Å². The minimum absolute atomic E-state index is 0.0901. The highest BCUT2D eigenvalue weighted by Crippen LogP contribution is 1.94. The van der Waals surface area contributed by atoms with Crippen molar-refractivity contribution in [1.29, 1.82) is 0 Å². The SMILES string of the molecule is CCN(C)C(=O)C(C)NC(=O)C(CN)OC. The van der Waals surface area contributed by atoms with Crippen molar-refractivity contribution in [1.82, 2.24) is 10.2 Å². The first-order valence-corrected chi connectivity index (χ1v) is 5.26. The molecule has 2 amide bonds. The second-order valence-electron chi connectivity index (χ2n) is 3.54. The summed E-state index contributed by atoms with van der Waals surface area (Å²) in [6.45, 7) is 4.19. The molecule has 0 fully saturated rings. The Bertz CT molecular complexity index is 241. The number of carbonyl (C=O) groups is 2. The van der Waals surface area contributed by atoms with E-state index in [1.54, 1.807) is 14.0 Å². The van der Waals surface area contributed by atoms with E-state index in [1.807, 2.05) is 6.92 Å². The molecule has 0 aliphatic rings. The standard InChI is InChI=1S/C10H21N3O3/c1-5-13(3)10(15)7(2)12-9(14)8(6-11)16-4/h7-8H,5-6,11H2,1-4H3,(H,12,14). The van der Waals surface area contributed by atoms with Gasteiger partial charge in [0, 0.05) is 27.2 Å². The fourth-order valence-electron chi connectivity index (χ4n) is 1.16. The highest BCUT2D eigenvalue weighted by molar-refractivity contribution is 5.89. The van der Waals surface area contributed by atoms with Crippen LogP contribution in [0.4, 0.5) is 0 Å². The van der Waals surface area contributed by atoms with E-state index in [-0.39, 0.29) is 18.4 Å². The average Bonchev–Trinajstić information content (AvgIpc) is 2.28. The quantitative estimate of drug-likeness (QED) is 0.610. The van der Waals surface area contributed by atoms with Gasteiger partial charge in [0.15, 0.2) is 0 Å². The van der Waals surface area contributed by atoms with Gasteiger partial charge in [0.05, 0.1) is 0 Å². The third-order valence-electron chi connectivity index (χ3n) is 2.37. The molecule has 0 aliphatic heterocycles. The summed E-state index contributed by atoms with van der Waals surface area (Å²) in [5.41, 5.74) is 5.34.